The molecule has 0 unspecified atom stereocenters. The fourth-order valence-electron chi connectivity index (χ4n) is 8.24. The summed E-state index contributed by atoms with van der Waals surface area (Å²) in [5.41, 5.74) is -0.441. The van der Waals surface area contributed by atoms with Crippen LogP contribution >= 0.6 is 0 Å². The largest absolute Gasteiger partial charge is 0.456 e. The number of carbonyl (C=O) groups is 3. The Balaban J connectivity index is 1.90. The lowest BCUT2D eigenvalue weighted by Gasteiger charge is -2.54. The number of ether oxygens (including phenoxy) is 3. The Morgan fingerprint density at radius 2 is 1.68 bits per heavy atom. The first-order valence-electron chi connectivity index (χ1n) is 14.6. The highest BCUT2D eigenvalue weighted by Crippen LogP contribution is 2.64. The summed E-state index contributed by atoms with van der Waals surface area (Å²) in [6.07, 6.45) is 12.7. The fraction of sp³-hybridized carbons (Fsp3) is 0.839. The normalized spacial score (nSPS) is 34.6. The number of esters is 3. The number of fused-ring (bicyclic) bond motifs is 1. The Morgan fingerprint density at radius 1 is 1.00 bits per heavy atom. The van der Waals surface area contributed by atoms with Crippen molar-refractivity contribution in [3.8, 4) is 0 Å². The molecule has 0 bridgehead atoms. The summed E-state index contributed by atoms with van der Waals surface area (Å²) in [6, 6.07) is 0. The first kappa shape index (κ1) is 29.7. The van der Waals surface area contributed by atoms with E-state index in [2.05, 4.69) is 34.6 Å². The molecule has 210 valence electrons. The lowest BCUT2D eigenvalue weighted by molar-refractivity contribution is -0.197. The van der Waals surface area contributed by atoms with Crippen LogP contribution in [0.15, 0.2) is 12.2 Å². The molecule has 2 aliphatic carbocycles. The third kappa shape index (κ3) is 7.17. The molecular weight excluding hydrogens is 468 g/mol. The number of hydrogen-bond acceptors (Lipinski definition) is 6. The van der Waals surface area contributed by atoms with Crippen molar-refractivity contribution in [1.82, 2.24) is 0 Å². The molecule has 0 N–H and O–H groups in total. The van der Waals surface area contributed by atoms with Gasteiger partial charge in [-0.15, -0.1) is 0 Å². The van der Waals surface area contributed by atoms with Crippen molar-refractivity contribution in [1.29, 1.82) is 0 Å². The van der Waals surface area contributed by atoms with Crippen LogP contribution in [0.25, 0.3) is 0 Å². The van der Waals surface area contributed by atoms with E-state index in [9.17, 15) is 14.4 Å². The number of cyclic esters (lactones) is 1. The third-order valence-corrected chi connectivity index (χ3v) is 9.88. The molecule has 7 atom stereocenters. The van der Waals surface area contributed by atoms with E-state index in [4.69, 9.17) is 14.2 Å². The van der Waals surface area contributed by atoms with E-state index in [1.54, 1.807) is 0 Å². The number of rotatable bonds is 10. The molecule has 0 aromatic carbocycles. The Hall–Kier alpha value is -1.85. The molecule has 1 aliphatic heterocycles. The van der Waals surface area contributed by atoms with Gasteiger partial charge in [-0.2, -0.15) is 0 Å². The standard InChI is InChI=1S/C31H50O6/c1-20(2)11-10-12-21(3)25-14-15-26-24(19-29(35-22(4)32)36-23(5)33)27(16-18-30(25,26)6)31(7)17-9-8-13-28(34)37-31/h8,13,20-21,24-27,29H,9-12,14-19H2,1-7H3/t21-,24+,25-,26+,27+,30-,31-/m1/s1. The summed E-state index contributed by atoms with van der Waals surface area (Å²) >= 11 is 0. The van der Waals surface area contributed by atoms with E-state index in [0.717, 1.165) is 38.0 Å². The average Bonchev–Trinajstić information content (AvgIpc) is 3.03. The number of carbonyl (C=O) groups excluding carboxylic acids is 3. The Morgan fingerprint density at radius 3 is 2.30 bits per heavy atom. The molecule has 3 aliphatic rings. The zero-order chi connectivity index (χ0) is 27.4. The van der Waals surface area contributed by atoms with Crippen molar-refractivity contribution >= 4 is 17.9 Å². The van der Waals surface area contributed by atoms with Gasteiger partial charge in [0.1, 0.15) is 5.60 Å². The molecule has 1 heterocycles. The highest BCUT2D eigenvalue weighted by atomic mass is 16.7. The minimum atomic E-state index is -0.921. The molecule has 0 amide bonds. The fourth-order valence-corrected chi connectivity index (χ4v) is 8.24. The van der Waals surface area contributed by atoms with Crippen molar-refractivity contribution in [3.63, 3.8) is 0 Å². The van der Waals surface area contributed by atoms with Crippen molar-refractivity contribution in [3.05, 3.63) is 12.2 Å². The Bertz CT molecular complexity index is 833. The minimum absolute atomic E-state index is 0.109. The van der Waals surface area contributed by atoms with E-state index in [1.165, 1.54) is 45.6 Å². The van der Waals surface area contributed by atoms with Gasteiger partial charge in [-0.25, -0.2) is 4.79 Å². The van der Waals surface area contributed by atoms with Gasteiger partial charge in [0.2, 0.25) is 6.29 Å². The molecule has 2 saturated carbocycles. The summed E-state index contributed by atoms with van der Waals surface area (Å²) in [5.74, 6) is 1.44. The summed E-state index contributed by atoms with van der Waals surface area (Å²) in [5, 5.41) is 0. The summed E-state index contributed by atoms with van der Waals surface area (Å²) in [4.78, 5) is 36.3. The van der Waals surface area contributed by atoms with Gasteiger partial charge in [-0.3, -0.25) is 9.59 Å². The summed E-state index contributed by atoms with van der Waals surface area (Å²) in [7, 11) is 0. The molecule has 0 spiro atoms. The maximum Gasteiger partial charge on any atom is 0.330 e. The van der Waals surface area contributed by atoms with Crippen LogP contribution in [0, 0.1) is 40.9 Å². The second kappa shape index (κ2) is 12.3. The van der Waals surface area contributed by atoms with Gasteiger partial charge in [0.05, 0.1) is 0 Å². The van der Waals surface area contributed by atoms with Gasteiger partial charge in [0.25, 0.3) is 0 Å². The molecule has 0 aromatic heterocycles. The zero-order valence-corrected chi connectivity index (χ0v) is 24.2. The van der Waals surface area contributed by atoms with Gasteiger partial charge >= 0.3 is 17.9 Å². The lowest BCUT2D eigenvalue weighted by Crippen LogP contribution is -2.52. The van der Waals surface area contributed by atoms with Crippen LogP contribution in [-0.4, -0.2) is 29.8 Å². The van der Waals surface area contributed by atoms with Crippen LogP contribution in [0.2, 0.25) is 0 Å². The highest BCUT2D eigenvalue weighted by Gasteiger charge is 2.58. The van der Waals surface area contributed by atoms with Crippen LogP contribution in [0.3, 0.4) is 0 Å². The number of hydrogen-bond donors (Lipinski definition) is 0. The Labute approximate surface area is 224 Å². The van der Waals surface area contributed by atoms with Crippen LogP contribution in [0.5, 0.6) is 0 Å². The Kier molecular flexibility index (Phi) is 9.90. The van der Waals surface area contributed by atoms with E-state index < -0.39 is 23.8 Å². The lowest BCUT2D eigenvalue weighted by atomic mass is 9.53. The van der Waals surface area contributed by atoms with Crippen molar-refractivity contribution in [2.24, 2.45) is 40.9 Å². The maximum atomic E-state index is 12.5. The van der Waals surface area contributed by atoms with Crippen LogP contribution in [0.1, 0.15) is 113 Å². The van der Waals surface area contributed by atoms with E-state index in [-0.39, 0.29) is 23.2 Å². The molecule has 2 fully saturated rings. The summed E-state index contributed by atoms with van der Waals surface area (Å²) < 4.78 is 17.1. The molecule has 3 rings (SSSR count). The van der Waals surface area contributed by atoms with E-state index in [1.807, 2.05) is 6.08 Å². The van der Waals surface area contributed by atoms with Crippen LogP contribution in [0.4, 0.5) is 0 Å². The first-order chi connectivity index (χ1) is 17.4. The van der Waals surface area contributed by atoms with Crippen LogP contribution < -0.4 is 0 Å². The van der Waals surface area contributed by atoms with Crippen molar-refractivity contribution in [2.45, 2.75) is 125 Å². The summed E-state index contributed by atoms with van der Waals surface area (Å²) in [6.45, 7) is 14.3. The van der Waals surface area contributed by atoms with Gasteiger partial charge in [0, 0.05) is 32.3 Å². The molecule has 6 nitrogen and oxygen atoms in total. The second-order valence-corrected chi connectivity index (χ2v) is 13.0. The highest BCUT2D eigenvalue weighted by molar-refractivity contribution is 5.82. The molecule has 0 radical (unpaired) electrons. The number of allylic oxidation sites excluding steroid dienone is 1. The predicted molar refractivity (Wildman–Crippen MR) is 143 cm³/mol. The van der Waals surface area contributed by atoms with Crippen molar-refractivity contribution in [2.75, 3.05) is 0 Å². The zero-order valence-electron chi connectivity index (χ0n) is 24.2. The monoisotopic (exact) mass is 518 g/mol. The van der Waals surface area contributed by atoms with Gasteiger partial charge in [-0.05, 0) is 80.5 Å². The predicted octanol–water partition coefficient (Wildman–Crippen LogP) is 7.00. The maximum absolute atomic E-state index is 12.5. The smallest absolute Gasteiger partial charge is 0.330 e. The van der Waals surface area contributed by atoms with Crippen LogP contribution in [-0.2, 0) is 28.6 Å². The topological polar surface area (TPSA) is 78.9 Å². The molecule has 0 aromatic rings. The first-order valence-corrected chi connectivity index (χ1v) is 14.6. The van der Waals surface area contributed by atoms with E-state index in [0.29, 0.717) is 24.2 Å². The second-order valence-electron chi connectivity index (χ2n) is 13.0. The quantitative estimate of drug-likeness (QED) is 0.229. The minimum Gasteiger partial charge on any atom is -0.456 e. The molecular formula is C31H50O6. The molecule has 37 heavy (non-hydrogen) atoms. The van der Waals surface area contributed by atoms with E-state index >= 15 is 0 Å². The third-order valence-electron chi connectivity index (χ3n) is 9.88. The van der Waals surface area contributed by atoms with Crippen molar-refractivity contribution < 1.29 is 28.6 Å². The average molecular weight is 519 g/mol. The molecule has 6 heteroatoms. The van der Waals surface area contributed by atoms with Gasteiger partial charge < -0.3 is 14.2 Å². The molecule has 0 saturated heterocycles. The SMILES string of the molecule is CC(=O)OC(C[C@H]1[C@@H]2CC[C@H]([C@H](C)CCCC(C)C)[C@@]2(C)CC[C@@H]1[C@@]1(C)CCC=CC(=O)O1)OC(C)=O. The van der Waals surface area contributed by atoms with Gasteiger partial charge in [-0.1, -0.05) is 53.0 Å². The van der Waals surface area contributed by atoms with Gasteiger partial charge in [0.15, 0.2) is 0 Å².